The molecule has 0 spiro atoms. The molecule has 0 atom stereocenters. The highest BCUT2D eigenvalue weighted by Crippen LogP contribution is 2.25. The van der Waals surface area contributed by atoms with Gasteiger partial charge in [0.2, 0.25) is 0 Å². The first-order valence-electron chi connectivity index (χ1n) is 4.53. The van der Waals surface area contributed by atoms with E-state index in [4.69, 9.17) is 9.26 Å². The molecular formula is C10H17NO2. The number of rotatable bonds is 2. The zero-order valence-corrected chi connectivity index (χ0v) is 8.92. The second-order valence-electron chi connectivity index (χ2n) is 4.45. The van der Waals surface area contributed by atoms with E-state index in [0.717, 1.165) is 5.76 Å². The Labute approximate surface area is 79.1 Å². The summed E-state index contributed by atoms with van der Waals surface area (Å²) >= 11 is 0. The number of nitrogens with zero attached hydrogens (tertiary/aromatic N) is 1. The van der Waals surface area contributed by atoms with Crippen molar-refractivity contribution in [2.45, 2.75) is 46.1 Å². The average molecular weight is 183 g/mol. The van der Waals surface area contributed by atoms with Crippen LogP contribution in [0.15, 0.2) is 10.6 Å². The molecule has 74 valence electrons. The van der Waals surface area contributed by atoms with E-state index >= 15 is 0 Å². The van der Waals surface area contributed by atoms with Gasteiger partial charge >= 0.3 is 0 Å². The van der Waals surface area contributed by atoms with Gasteiger partial charge in [-0.3, -0.25) is 0 Å². The second-order valence-corrected chi connectivity index (χ2v) is 4.45. The molecule has 3 heteroatoms. The summed E-state index contributed by atoms with van der Waals surface area (Å²) in [5.41, 5.74) is -0.00834. The molecular weight excluding hydrogens is 166 g/mol. The highest BCUT2D eigenvalue weighted by Gasteiger charge is 2.20. The molecule has 0 aliphatic carbocycles. The van der Waals surface area contributed by atoms with Gasteiger partial charge in [0.25, 0.3) is 5.88 Å². The number of hydrogen-bond donors (Lipinski definition) is 0. The fourth-order valence-corrected chi connectivity index (χ4v) is 0.909. The minimum atomic E-state index is -0.00834. The van der Waals surface area contributed by atoms with E-state index in [0.29, 0.717) is 5.88 Å². The molecule has 1 rings (SSSR count). The van der Waals surface area contributed by atoms with Gasteiger partial charge in [-0.2, -0.15) is 0 Å². The second kappa shape index (κ2) is 3.40. The van der Waals surface area contributed by atoms with Gasteiger partial charge in [-0.25, -0.2) is 0 Å². The SMILES string of the molecule is CC(C)Oc1cc(C(C)(C)C)on1. The summed E-state index contributed by atoms with van der Waals surface area (Å²) in [5, 5.41) is 3.83. The lowest BCUT2D eigenvalue weighted by molar-refractivity contribution is 0.214. The lowest BCUT2D eigenvalue weighted by Gasteiger charge is -2.12. The molecule has 0 aliphatic rings. The van der Waals surface area contributed by atoms with Crippen molar-refractivity contribution < 1.29 is 9.26 Å². The molecule has 0 saturated heterocycles. The van der Waals surface area contributed by atoms with Gasteiger partial charge in [0, 0.05) is 11.5 Å². The van der Waals surface area contributed by atoms with E-state index in [2.05, 4.69) is 25.9 Å². The smallest absolute Gasteiger partial charge is 0.254 e. The predicted molar refractivity (Wildman–Crippen MR) is 51.0 cm³/mol. The number of ether oxygens (including phenoxy) is 1. The van der Waals surface area contributed by atoms with Crippen LogP contribution in [0.5, 0.6) is 5.88 Å². The van der Waals surface area contributed by atoms with Crippen LogP contribution in [0.3, 0.4) is 0 Å². The molecule has 0 fully saturated rings. The standard InChI is InChI=1S/C10H17NO2/c1-7(2)12-9-6-8(13-11-9)10(3,4)5/h6-7H,1-5H3. The Kier molecular flexibility index (Phi) is 2.64. The first kappa shape index (κ1) is 10.1. The molecule has 1 heterocycles. The van der Waals surface area contributed by atoms with Crippen LogP contribution in [-0.4, -0.2) is 11.3 Å². The number of hydrogen-bond acceptors (Lipinski definition) is 3. The van der Waals surface area contributed by atoms with Crippen molar-refractivity contribution in [1.82, 2.24) is 5.16 Å². The van der Waals surface area contributed by atoms with E-state index in [1.807, 2.05) is 19.9 Å². The predicted octanol–water partition coefficient (Wildman–Crippen LogP) is 2.76. The van der Waals surface area contributed by atoms with Crippen molar-refractivity contribution in [2.75, 3.05) is 0 Å². The Hall–Kier alpha value is -0.990. The molecule has 0 bridgehead atoms. The van der Waals surface area contributed by atoms with Crippen LogP contribution in [0.2, 0.25) is 0 Å². The molecule has 0 N–H and O–H groups in total. The molecule has 0 saturated carbocycles. The molecule has 0 unspecified atom stereocenters. The van der Waals surface area contributed by atoms with Crippen molar-refractivity contribution in [1.29, 1.82) is 0 Å². The molecule has 0 amide bonds. The molecule has 3 nitrogen and oxygen atoms in total. The molecule has 0 radical (unpaired) electrons. The van der Waals surface area contributed by atoms with Crippen LogP contribution in [0.1, 0.15) is 40.4 Å². The average Bonchev–Trinajstić information content (AvgIpc) is 2.32. The Morgan fingerprint density at radius 1 is 1.38 bits per heavy atom. The summed E-state index contributed by atoms with van der Waals surface area (Å²) in [7, 11) is 0. The van der Waals surface area contributed by atoms with Crippen LogP contribution in [0.4, 0.5) is 0 Å². The van der Waals surface area contributed by atoms with Crippen molar-refractivity contribution in [3.05, 3.63) is 11.8 Å². The summed E-state index contributed by atoms with van der Waals surface area (Å²) in [4.78, 5) is 0. The summed E-state index contributed by atoms with van der Waals surface area (Å²) in [6.07, 6.45) is 0.137. The molecule has 0 aromatic carbocycles. The Morgan fingerprint density at radius 3 is 2.38 bits per heavy atom. The van der Waals surface area contributed by atoms with Crippen LogP contribution in [-0.2, 0) is 5.41 Å². The Morgan fingerprint density at radius 2 is 2.00 bits per heavy atom. The van der Waals surface area contributed by atoms with Crippen LogP contribution < -0.4 is 4.74 Å². The quantitative estimate of drug-likeness (QED) is 0.707. The minimum Gasteiger partial charge on any atom is -0.473 e. The van der Waals surface area contributed by atoms with E-state index in [9.17, 15) is 0 Å². The zero-order chi connectivity index (χ0) is 10.1. The molecule has 0 aliphatic heterocycles. The van der Waals surface area contributed by atoms with Gasteiger partial charge in [0.15, 0.2) is 0 Å². The van der Waals surface area contributed by atoms with Crippen LogP contribution in [0, 0.1) is 0 Å². The first-order valence-corrected chi connectivity index (χ1v) is 4.53. The third kappa shape index (κ3) is 2.76. The third-order valence-corrected chi connectivity index (χ3v) is 1.58. The molecule has 13 heavy (non-hydrogen) atoms. The maximum absolute atomic E-state index is 5.39. The normalized spacial score (nSPS) is 12.2. The van der Waals surface area contributed by atoms with Crippen molar-refractivity contribution >= 4 is 0 Å². The third-order valence-electron chi connectivity index (χ3n) is 1.58. The highest BCUT2D eigenvalue weighted by molar-refractivity contribution is 5.17. The maximum atomic E-state index is 5.39. The topological polar surface area (TPSA) is 35.3 Å². The van der Waals surface area contributed by atoms with Crippen LogP contribution in [0.25, 0.3) is 0 Å². The van der Waals surface area contributed by atoms with Crippen LogP contribution >= 0.6 is 0 Å². The summed E-state index contributed by atoms with van der Waals surface area (Å²) in [6, 6.07) is 1.85. The van der Waals surface area contributed by atoms with Gasteiger partial charge in [-0.05, 0) is 19.0 Å². The van der Waals surface area contributed by atoms with E-state index in [-0.39, 0.29) is 11.5 Å². The molecule has 1 aromatic rings. The van der Waals surface area contributed by atoms with Gasteiger partial charge in [-0.1, -0.05) is 20.8 Å². The van der Waals surface area contributed by atoms with Crippen molar-refractivity contribution in [3.8, 4) is 5.88 Å². The van der Waals surface area contributed by atoms with E-state index in [1.165, 1.54) is 0 Å². The maximum Gasteiger partial charge on any atom is 0.254 e. The fourth-order valence-electron chi connectivity index (χ4n) is 0.909. The minimum absolute atomic E-state index is 0.00834. The summed E-state index contributed by atoms with van der Waals surface area (Å²) < 4.78 is 10.5. The molecule has 1 aromatic heterocycles. The van der Waals surface area contributed by atoms with Gasteiger partial charge in [-0.15, -0.1) is 0 Å². The highest BCUT2D eigenvalue weighted by atomic mass is 16.5. The largest absolute Gasteiger partial charge is 0.473 e. The van der Waals surface area contributed by atoms with E-state index < -0.39 is 0 Å². The summed E-state index contributed by atoms with van der Waals surface area (Å²) in [6.45, 7) is 10.2. The monoisotopic (exact) mass is 183 g/mol. The summed E-state index contributed by atoms with van der Waals surface area (Å²) in [5.74, 6) is 1.42. The van der Waals surface area contributed by atoms with E-state index in [1.54, 1.807) is 0 Å². The Bertz CT molecular complexity index is 271. The lowest BCUT2D eigenvalue weighted by Crippen LogP contribution is -2.09. The van der Waals surface area contributed by atoms with Crippen molar-refractivity contribution in [3.63, 3.8) is 0 Å². The zero-order valence-electron chi connectivity index (χ0n) is 8.92. The Balaban J connectivity index is 2.75. The van der Waals surface area contributed by atoms with Gasteiger partial charge < -0.3 is 9.26 Å². The van der Waals surface area contributed by atoms with Gasteiger partial charge in [0.05, 0.1) is 6.10 Å². The first-order chi connectivity index (χ1) is 5.89. The lowest BCUT2D eigenvalue weighted by atomic mass is 9.94. The van der Waals surface area contributed by atoms with Gasteiger partial charge in [0.1, 0.15) is 5.76 Å². The fraction of sp³-hybridized carbons (Fsp3) is 0.700. The number of aromatic nitrogens is 1. The van der Waals surface area contributed by atoms with Crippen molar-refractivity contribution in [2.24, 2.45) is 0 Å².